The second kappa shape index (κ2) is 9.11. The molecular weight excluding hydrogens is 330 g/mol. The maximum Gasteiger partial charge on any atom is 0.280 e. The molecule has 4 nitrogen and oxygen atoms in total. The fourth-order valence-corrected chi connectivity index (χ4v) is 4.28. The Morgan fingerprint density at radius 2 is 1.88 bits per heavy atom. The summed E-state index contributed by atoms with van der Waals surface area (Å²) in [6, 6.07) is 10.1. The lowest BCUT2D eigenvalue weighted by atomic mass is 10.2. The van der Waals surface area contributed by atoms with E-state index in [1.165, 1.54) is 50.1 Å². The first kappa shape index (κ1) is 18.1. The van der Waals surface area contributed by atoms with Gasteiger partial charge in [-0.15, -0.1) is 11.3 Å². The summed E-state index contributed by atoms with van der Waals surface area (Å²) in [4.78, 5) is 20.4. The Hall–Kier alpha value is -1.72. The van der Waals surface area contributed by atoms with Gasteiger partial charge in [0.15, 0.2) is 5.01 Å². The smallest absolute Gasteiger partial charge is 0.280 e. The van der Waals surface area contributed by atoms with E-state index < -0.39 is 0 Å². The molecule has 0 atom stereocenters. The van der Waals surface area contributed by atoms with Crippen LogP contribution in [-0.4, -0.2) is 42.0 Å². The van der Waals surface area contributed by atoms with Crippen LogP contribution in [0.25, 0.3) is 10.4 Å². The lowest BCUT2D eigenvalue weighted by Crippen LogP contribution is -2.30. The molecule has 3 rings (SSSR count). The van der Waals surface area contributed by atoms with Gasteiger partial charge < -0.3 is 10.2 Å². The van der Waals surface area contributed by atoms with Gasteiger partial charge in [0.2, 0.25) is 0 Å². The Labute approximate surface area is 154 Å². The molecule has 1 fully saturated rings. The van der Waals surface area contributed by atoms with Crippen molar-refractivity contribution in [1.82, 2.24) is 15.2 Å². The van der Waals surface area contributed by atoms with Crippen molar-refractivity contribution in [2.75, 3.05) is 26.2 Å². The fourth-order valence-electron chi connectivity index (χ4n) is 3.29. The van der Waals surface area contributed by atoms with Crippen LogP contribution in [-0.2, 0) is 0 Å². The summed E-state index contributed by atoms with van der Waals surface area (Å²) in [6.45, 7) is 6.18. The molecule has 0 radical (unpaired) electrons. The van der Waals surface area contributed by atoms with Gasteiger partial charge in [-0.25, -0.2) is 4.98 Å². The number of nitrogens with one attached hydrogen (secondary N) is 1. The molecule has 0 spiro atoms. The predicted molar refractivity (Wildman–Crippen MR) is 104 cm³/mol. The highest BCUT2D eigenvalue weighted by atomic mass is 32.1. The molecule has 1 aliphatic rings. The van der Waals surface area contributed by atoms with Gasteiger partial charge in [0.25, 0.3) is 5.91 Å². The zero-order chi connectivity index (χ0) is 17.5. The summed E-state index contributed by atoms with van der Waals surface area (Å²) in [5, 5.41) is 3.59. The first-order valence-corrected chi connectivity index (χ1v) is 10.1. The normalized spacial score (nSPS) is 15.7. The Bertz CT molecular complexity index is 676. The molecule has 0 bridgehead atoms. The molecule has 1 N–H and O–H groups in total. The Morgan fingerprint density at radius 1 is 1.16 bits per heavy atom. The van der Waals surface area contributed by atoms with E-state index in [1.54, 1.807) is 0 Å². The van der Waals surface area contributed by atoms with Crippen molar-refractivity contribution in [2.24, 2.45) is 0 Å². The third-order valence-electron chi connectivity index (χ3n) is 4.66. The first-order valence-electron chi connectivity index (χ1n) is 9.27. The van der Waals surface area contributed by atoms with Crippen LogP contribution in [0.1, 0.15) is 47.6 Å². The van der Waals surface area contributed by atoms with Crippen LogP contribution in [0, 0.1) is 6.92 Å². The quantitative estimate of drug-likeness (QED) is 0.791. The van der Waals surface area contributed by atoms with Crippen LogP contribution in [0.2, 0.25) is 0 Å². The minimum Gasteiger partial charge on any atom is -0.350 e. The van der Waals surface area contributed by atoms with Crippen LogP contribution in [0.15, 0.2) is 30.3 Å². The number of hydrogen-bond donors (Lipinski definition) is 1. The van der Waals surface area contributed by atoms with E-state index in [0.29, 0.717) is 11.6 Å². The number of carbonyl (C=O) groups is 1. The van der Waals surface area contributed by atoms with Crippen molar-refractivity contribution in [3.63, 3.8) is 0 Å². The summed E-state index contributed by atoms with van der Waals surface area (Å²) in [7, 11) is 0. The van der Waals surface area contributed by atoms with Gasteiger partial charge in [0.1, 0.15) is 0 Å². The van der Waals surface area contributed by atoms with E-state index in [9.17, 15) is 4.79 Å². The van der Waals surface area contributed by atoms with E-state index in [4.69, 9.17) is 0 Å². The zero-order valence-corrected chi connectivity index (χ0v) is 15.8. The summed E-state index contributed by atoms with van der Waals surface area (Å²) in [6.07, 6.45) is 6.35. The number of likely N-dealkylation sites (tertiary alicyclic amines) is 1. The van der Waals surface area contributed by atoms with Gasteiger partial charge in [-0.3, -0.25) is 4.79 Å². The van der Waals surface area contributed by atoms with Crippen molar-refractivity contribution in [1.29, 1.82) is 0 Å². The molecule has 5 heteroatoms. The number of aryl methyl sites for hydroxylation is 1. The topological polar surface area (TPSA) is 45.2 Å². The number of amides is 1. The molecule has 0 unspecified atom stereocenters. The number of benzene rings is 1. The van der Waals surface area contributed by atoms with Gasteiger partial charge in [-0.1, -0.05) is 43.2 Å². The molecule has 1 amide bonds. The van der Waals surface area contributed by atoms with E-state index in [0.717, 1.165) is 29.1 Å². The second-order valence-corrected chi connectivity index (χ2v) is 7.66. The van der Waals surface area contributed by atoms with E-state index >= 15 is 0 Å². The van der Waals surface area contributed by atoms with E-state index in [-0.39, 0.29) is 5.91 Å². The number of hydrogen-bond acceptors (Lipinski definition) is 4. The number of thiazole rings is 1. The maximum absolute atomic E-state index is 12.4. The minimum absolute atomic E-state index is 0.0499. The molecule has 1 saturated heterocycles. The highest BCUT2D eigenvalue weighted by molar-refractivity contribution is 7.17. The second-order valence-electron chi connectivity index (χ2n) is 6.66. The van der Waals surface area contributed by atoms with Crippen molar-refractivity contribution >= 4 is 17.2 Å². The maximum atomic E-state index is 12.4. The monoisotopic (exact) mass is 357 g/mol. The average molecular weight is 358 g/mol. The largest absolute Gasteiger partial charge is 0.350 e. The molecule has 1 aromatic carbocycles. The Morgan fingerprint density at radius 3 is 2.60 bits per heavy atom. The van der Waals surface area contributed by atoms with Gasteiger partial charge >= 0.3 is 0 Å². The van der Waals surface area contributed by atoms with Crippen molar-refractivity contribution in [3.8, 4) is 10.4 Å². The first-order chi connectivity index (χ1) is 12.2. The van der Waals surface area contributed by atoms with Crippen molar-refractivity contribution in [2.45, 2.75) is 39.0 Å². The molecule has 2 aromatic rings. The van der Waals surface area contributed by atoms with Gasteiger partial charge in [0, 0.05) is 6.54 Å². The van der Waals surface area contributed by atoms with Crippen LogP contribution in [0.5, 0.6) is 0 Å². The minimum atomic E-state index is -0.0499. The third kappa shape index (κ3) is 5.13. The molecule has 2 heterocycles. The summed E-state index contributed by atoms with van der Waals surface area (Å²) >= 11 is 1.48. The molecule has 0 saturated carbocycles. The van der Waals surface area contributed by atoms with Crippen LogP contribution >= 0.6 is 11.3 Å². The standard InChI is InChI=1S/C20H27N3OS/c1-16-18(17-10-5-4-6-11-17)25-20(22-16)19(24)21-12-9-15-23-13-7-2-3-8-14-23/h4-6,10-11H,2-3,7-9,12-15H2,1H3,(H,21,24). The lowest BCUT2D eigenvalue weighted by molar-refractivity contribution is 0.0951. The van der Waals surface area contributed by atoms with Gasteiger partial charge in [0.05, 0.1) is 10.6 Å². The molecule has 25 heavy (non-hydrogen) atoms. The zero-order valence-electron chi connectivity index (χ0n) is 15.0. The van der Waals surface area contributed by atoms with Crippen LogP contribution < -0.4 is 5.32 Å². The van der Waals surface area contributed by atoms with Gasteiger partial charge in [-0.05, 0) is 51.4 Å². The third-order valence-corrected chi connectivity index (χ3v) is 5.87. The van der Waals surface area contributed by atoms with Crippen molar-refractivity contribution in [3.05, 3.63) is 41.0 Å². The summed E-state index contributed by atoms with van der Waals surface area (Å²) in [5.74, 6) is -0.0499. The highest BCUT2D eigenvalue weighted by Gasteiger charge is 2.15. The Kier molecular flexibility index (Phi) is 6.59. The molecule has 1 aromatic heterocycles. The number of nitrogens with zero attached hydrogens (tertiary/aromatic N) is 2. The van der Waals surface area contributed by atoms with Crippen molar-refractivity contribution < 1.29 is 4.79 Å². The SMILES string of the molecule is Cc1nc(C(=O)NCCCN2CCCCCC2)sc1-c1ccccc1. The number of carbonyl (C=O) groups excluding carboxylic acids is 1. The van der Waals surface area contributed by atoms with E-state index in [2.05, 4.69) is 27.3 Å². The molecule has 0 aliphatic carbocycles. The highest BCUT2D eigenvalue weighted by Crippen LogP contribution is 2.29. The van der Waals surface area contributed by atoms with Crippen LogP contribution in [0.4, 0.5) is 0 Å². The molecular formula is C20H27N3OS. The predicted octanol–water partition coefficient (Wildman–Crippen LogP) is 4.11. The fraction of sp³-hybridized carbons (Fsp3) is 0.500. The lowest BCUT2D eigenvalue weighted by Gasteiger charge is -2.19. The van der Waals surface area contributed by atoms with Gasteiger partial charge in [-0.2, -0.15) is 0 Å². The van der Waals surface area contributed by atoms with E-state index in [1.807, 2.05) is 25.1 Å². The molecule has 1 aliphatic heterocycles. The summed E-state index contributed by atoms with van der Waals surface area (Å²) in [5.41, 5.74) is 2.05. The van der Waals surface area contributed by atoms with Crippen LogP contribution in [0.3, 0.4) is 0 Å². The number of rotatable bonds is 6. The Balaban J connectivity index is 1.48. The summed E-state index contributed by atoms with van der Waals surface area (Å²) < 4.78 is 0. The average Bonchev–Trinajstić information content (AvgIpc) is 2.85. The number of aromatic nitrogens is 1. The molecule has 134 valence electrons.